The number of carboxylic acid groups (broad SMARTS) is 1. The van der Waals surface area contributed by atoms with Crippen molar-refractivity contribution in [1.82, 2.24) is 0 Å². The van der Waals surface area contributed by atoms with Crippen LogP contribution in [0.3, 0.4) is 0 Å². The van der Waals surface area contributed by atoms with Crippen molar-refractivity contribution in [2.24, 2.45) is 4.99 Å². The van der Waals surface area contributed by atoms with Gasteiger partial charge in [-0.15, -0.1) is 11.3 Å². The first-order valence-corrected chi connectivity index (χ1v) is 8.83. The van der Waals surface area contributed by atoms with E-state index in [1.54, 1.807) is 12.3 Å². The van der Waals surface area contributed by atoms with Gasteiger partial charge >= 0.3 is 5.97 Å². The van der Waals surface area contributed by atoms with Gasteiger partial charge in [-0.25, -0.2) is 0 Å². The lowest BCUT2D eigenvalue weighted by Crippen LogP contribution is -2.20. The van der Waals surface area contributed by atoms with Crippen LogP contribution >= 0.6 is 22.9 Å². The molecule has 1 aromatic rings. The summed E-state index contributed by atoms with van der Waals surface area (Å²) in [7, 11) is 1.41. The molecule has 0 amide bonds. The molecule has 2 aliphatic rings. The van der Waals surface area contributed by atoms with Crippen LogP contribution < -0.4 is 0 Å². The quantitative estimate of drug-likeness (QED) is 0.773. The predicted octanol–water partition coefficient (Wildman–Crippen LogP) is 3.80. The minimum absolute atomic E-state index is 0.192. The van der Waals surface area contributed by atoms with E-state index in [4.69, 9.17) is 21.6 Å². The number of halogens is 1. The number of Topliss-reactive ketones (excluding diaryl/α,β-unsaturated/α-hetero) is 1. The molecule has 2 heterocycles. The second-order valence-corrected chi connectivity index (χ2v) is 7.07. The maximum Gasteiger partial charge on any atom is 0.307 e. The topological polar surface area (TPSA) is 99.8 Å². The Balaban J connectivity index is 2.22. The van der Waals surface area contributed by atoms with Crippen molar-refractivity contribution < 1.29 is 19.4 Å². The van der Waals surface area contributed by atoms with E-state index < -0.39 is 5.97 Å². The molecule has 1 aliphatic carbocycles. The fraction of sp³-hybridized carbons (Fsp3) is 0.222. The first-order chi connectivity index (χ1) is 12.4. The van der Waals surface area contributed by atoms with Gasteiger partial charge in [0.05, 0.1) is 29.8 Å². The molecule has 0 bridgehead atoms. The number of rotatable bonds is 5. The number of carboxylic acids is 1. The van der Waals surface area contributed by atoms with E-state index in [1.807, 2.05) is 6.07 Å². The molecule has 8 heteroatoms. The summed E-state index contributed by atoms with van der Waals surface area (Å²) in [5.41, 5.74) is 2.58. The lowest BCUT2D eigenvalue weighted by Gasteiger charge is -2.22. The second kappa shape index (κ2) is 6.90. The number of aliphatic imine (C=N–C) groups is 1. The molecule has 132 valence electrons. The Morgan fingerprint density at radius 2 is 2.23 bits per heavy atom. The van der Waals surface area contributed by atoms with Gasteiger partial charge in [-0.05, 0) is 18.6 Å². The monoisotopic (exact) mass is 388 g/mol. The number of ketones is 1. The molecule has 0 radical (unpaired) electrons. The maximum absolute atomic E-state index is 13.2. The number of hydrogen-bond acceptors (Lipinski definition) is 6. The highest BCUT2D eigenvalue weighted by Gasteiger charge is 2.37. The number of methoxy groups -OCH3 is 1. The van der Waals surface area contributed by atoms with Crippen molar-refractivity contribution in [3.05, 3.63) is 55.1 Å². The van der Waals surface area contributed by atoms with Gasteiger partial charge in [0.2, 0.25) is 0 Å². The second-order valence-electron chi connectivity index (χ2n) is 5.70. The highest BCUT2D eigenvalue weighted by Crippen LogP contribution is 2.42. The van der Waals surface area contributed by atoms with Crippen LogP contribution in [0.4, 0.5) is 0 Å². The molecular formula is C18H13ClN2O4S. The molecule has 0 spiro atoms. The van der Waals surface area contributed by atoms with Gasteiger partial charge < -0.3 is 9.84 Å². The summed E-state index contributed by atoms with van der Waals surface area (Å²) in [6, 6.07) is 3.49. The number of carbonyl (C=O) groups excluding carboxylic acids is 1. The van der Waals surface area contributed by atoms with Gasteiger partial charge in [-0.3, -0.25) is 14.6 Å². The predicted molar refractivity (Wildman–Crippen MR) is 97.3 cm³/mol. The number of thiophene rings is 1. The molecule has 0 saturated carbocycles. The molecule has 3 rings (SSSR count). The van der Waals surface area contributed by atoms with Gasteiger partial charge in [0.1, 0.15) is 16.7 Å². The minimum Gasteiger partial charge on any atom is -0.495 e. The van der Waals surface area contributed by atoms with Crippen LogP contribution in [0.5, 0.6) is 0 Å². The molecule has 1 N–H and O–H groups in total. The van der Waals surface area contributed by atoms with E-state index in [9.17, 15) is 14.7 Å². The Labute approximate surface area is 158 Å². The normalized spacial score (nSPS) is 16.5. The van der Waals surface area contributed by atoms with E-state index >= 15 is 0 Å². The number of hydrogen-bond donors (Lipinski definition) is 1. The number of allylic oxidation sites excluding steroid dienone is 4. The first-order valence-electron chi connectivity index (χ1n) is 7.57. The lowest BCUT2D eigenvalue weighted by molar-refractivity contribution is -0.136. The molecule has 1 aromatic heterocycles. The molecule has 0 unspecified atom stereocenters. The van der Waals surface area contributed by atoms with Crippen LogP contribution in [-0.2, 0) is 9.53 Å². The number of nitriles is 1. The van der Waals surface area contributed by atoms with Gasteiger partial charge in [-0.2, -0.15) is 5.26 Å². The van der Waals surface area contributed by atoms with E-state index in [2.05, 4.69) is 4.99 Å². The van der Waals surface area contributed by atoms with Crippen molar-refractivity contribution >= 4 is 40.4 Å². The Hall–Kier alpha value is -2.69. The Kier molecular flexibility index (Phi) is 4.81. The zero-order valence-corrected chi connectivity index (χ0v) is 15.5. The summed E-state index contributed by atoms with van der Waals surface area (Å²) in [6.45, 7) is 1.71. The minimum atomic E-state index is -1.02. The third-order valence-corrected chi connectivity index (χ3v) is 5.25. The van der Waals surface area contributed by atoms with Crippen LogP contribution in [0.15, 0.2) is 49.6 Å². The van der Waals surface area contributed by atoms with Crippen LogP contribution in [-0.4, -0.2) is 29.7 Å². The lowest BCUT2D eigenvalue weighted by atomic mass is 9.85. The SMILES string of the molecule is COC1=C(Cl)CC2=NC(C)=C(CC(=O)O)C2=C1C(=O)c1csc(C#N)c1. The van der Waals surface area contributed by atoms with Gasteiger partial charge in [0, 0.05) is 28.6 Å². The van der Waals surface area contributed by atoms with Crippen LogP contribution in [0.1, 0.15) is 35.0 Å². The summed E-state index contributed by atoms with van der Waals surface area (Å²) in [6.07, 6.45) is 0.0109. The zero-order valence-electron chi connectivity index (χ0n) is 13.9. The van der Waals surface area contributed by atoms with Gasteiger partial charge in [-0.1, -0.05) is 11.6 Å². The maximum atomic E-state index is 13.2. The van der Waals surface area contributed by atoms with E-state index in [1.165, 1.54) is 13.2 Å². The number of carbonyl (C=O) groups is 2. The Morgan fingerprint density at radius 3 is 2.81 bits per heavy atom. The summed E-state index contributed by atoms with van der Waals surface area (Å²) in [5, 5.41) is 20.2. The molecule has 1 aliphatic heterocycles. The van der Waals surface area contributed by atoms with E-state index in [0.717, 1.165) is 11.3 Å². The average Bonchev–Trinajstić information content (AvgIpc) is 3.18. The summed E-state index contributed by atoms with van der Waals surface area (Å²) in [4.78, 5) is 29.3. The highest BCUT2D eigenvalue weighted by atomic mass is 35.5. The number of ether oxygens (including phenoxy) is 1. The molecule has 0 saturated heterocycles. The van der Waals surface area contributed by atoms with Crippen LogP contribution in [0, 0.1) is 11.3 Å². The molecule has 0 fully saturated rings. The van der Waals surface area contributed by atoms with Crippen molar-refractivity contribution in [2.75, 3.05) is 7.11 Å². The van der Waals surface area contributed by atoms with Crippen molar-refractivity contribution in [1.29, 1.82) is 5.26 Å². The van der Waals surface area contributed by atoms with Crippen molar-refractivity contribution in [3.8, 4) is 6.07 Å². The average molecular weight is 389 g/mol. The third kappa shape index (κ3) is 2.98. The fourth-order valence-electron chi connectivity index (χ4n) is 3.04. The molecule has 26 heavy (non-hydrogen) atoms. The molecule has 6 nitrogen and oxygen atoms in total. The van der Waals surface area contributed by atoms with Crippen molar-refractivity contribution in [3.63, 3.8) is 0 Å². The summed E-state index contributed by atoms with van der Waals surface area (Å²) >= 11 is 7.47. The molecule has 0 atom stereocenters. The van der Waals surface area contributed by atoms with Crippen LogP contribution in [0.2, 0.25) is 0 Å². The standard InChI is InChI=1S/C18H13ClN2O4S/c1-8-11(4-14(22)23)15-13(21-8)5-12(19)18(25-2)16(15)17(24)9-3-10(6-20)26-7-9/h3,7H,4-5H2,1-2H3,(H,22,23). The Morgan fingerprint density at radius 1 is 1.50 bits per heavy atom. The molecule has 0 aromatic carbocycles. The zero-order chi connectivity index (χ0) is 19.0. The Bertz CT molecular complexity index is 1000. The largest absolute Gasteiger partial charge is 0.495 e. The third-order valence-electron chi connectivity index (χ3n) is 4.11. The van der Waals surface area contributed by atoms with Crippen molar-refractivity contribution in [2.45, 2.75) is 19.8 Å². The van der Waals surface area contributed by atoms with E-state index in [0.29, 0.717) is 38.0 Å². The number of nitrogens with zero attached hydrogens (tertiary/aromatic N) is 2. The fourth-order valence-corrected chi connectivity index (χ4v) is 4.01. The number of aliphatic carboxylic acids is 1. The highest BCUT2D eigenvalue weighted by molar-refractivity contribution is 7.10. The van der Waals surface area contributed by atoms with Gasteiger partial charge in [0.25, 0.3) is 0 Å². The van der Waals surface area contributed by atoms with Crippen LogP contribution in [0.25, 0.3) is 0 Å². The van der Waals surface area contributed by atoms with Gasteiger partial charge in [0.15, 0.2) is 5.78 Å². The first kappa shape index (κ1) is 18.1. The summed E-state index contributed by atoms with van der Waals surface area (Å²) in [5.74, 6) is -1.18. The van der Waals surface area contributed by atoms with E-state index in [-0.39, 0.29) is 30.0 Å². The number of fused-ring (bicyclic) bond motifs is 1. The summed E-state index contributed by atoms with van der Waals surface area (Å²) < 4.78 is 5.37. The smallest absolute Gasteiger partial charge is 0.307 e. The molecular weight excluding hydrogens is 376 g/mol.